The molecule has 3 amide bonds. The zero-order valence-electron chi connectivity index (χ0n) is 11.4. The molecule has 1 heterocycles. The van der Waals surface area contributed by atoms with Gasteiger partial charge in [-0.25, -0.2) is 0 Å². The zero-order chi connectivity index (χ0) is 15.1. The van der Waals surface area contributed by atoms with Gasteiger partial charge in [0.2, 0.25) is 17.7 Å². The van der Waals surface area contributed by atoms with Gasteiger partial charge >= 0.3 is 0 Å². The van der Waals surface area contributed by atoms with Gasteiger partial charge in [-0.05, 0) is 30.5 Å². The molecule has 0 bridgehead atoms. The predicted octanol–water partition coefficient (Wildman–Crippen LogP) is 0.595. The van der Waals surface area contributed by atoms with Crippen molar-refractivity contribution >= 4 is 29.7 Å². The number of hydrogen-bond acceptors (Lipinski definition) is 5. The van der Waals surface area contributed by atoms with Gasteiger partial charge in [0, 0.05) is 24.3 Å². The second-order valence-corrected chi connectivity index (χ2v) is 5.59. The molecule has 1 unspecified atom stereocenters. The molecule has 1 aromatic rings. The predicted molar refractivity (Wildman–Crippen MR) is 79.2 cm³/mol. The number of amides is 3. The number of carbonyl (C=O) groups is 3. The minimum Gasteiger partial charge on any atom is -0.344 e. The summed E-state index contributed by atoms with van der Waals surface area (Å²) in [4.78, 5) is 35.3. The van der Waals surface area contributed by atoms with Crippen LogP contribution < -0.4 is 15.4 Å². The van der Waals surface area contributed by atoms with E-state index in [0.717, 1.165) is 4.90 Å². The summed E-state index contributed by atoms with van der Waals surface area (Å²) in [7, 11) is 0. The molecule has 3 N–H and O–H groups in total. The summed E-state index contributed by atoms with van der Waals surface area (Å²) in [5.74, 6) is -0.914. The SMILES string of the molecule is O=C1CCC(NC(=O)CCNSc2ccccc2)C(=O)N1. The van der Waals surface area contributed by atoms with Crippen LogP contribution in [-0.4, -0.2) is 30.3 Å². The average Bonchev–Trinajstić information content (AvgIpc) is 2.48. The van der Waals surface area contributed by atoms with Crippen molar-refractivity contribution < 1.29 is 14.4 Å². The molecule has 1 aliphatic heterocycles. The lowest BCUT2D eigenvalue weighted by Crippen LogP contribution is -2.52. The topological polar surface area (TPSA) is 87.3 Å². The van der Waals surface area contributed by atoms with E-state index in [0.29, 0.717) is 13.0 Å². The van der Waals surface area contributed by atoms with Crippen molar-refractivity contribution in [1.82, 2.24) is 15.4 Å². The third-order valence-electron chi connectivity index (χ3n) is 2.96. The Balaban J connectivity index is 1.63. The molecule has 1 atom stereocenters. The van der Waals surface area contributed by atoms with Crippen molar-refractivity contribution in [2.45, 2.75) is 30.2 Å². The van der Waals surface area contributed by atoms with Gasteiger partial charge in [-0.3, -0.25) is 24.4 Å². The van der Waals surface area contributed by atoms with Crippen LogP contribution in [0.25, 0.3) is 0 Å². The Hall–Kier alpha value is -1.86. The molecule has 0 saturated carbocycles. The van der Waals surface area contributed by atoms with Crippen molar-refractivity contribution in [3.63, 3.8) is 0 Å². The van der Waals surface area contributed by atoms with Gasteiger partial charge in [-0.15, -0.1) is 0 Å². The van der Waals surface area contributed by atoms with Crippen LogP contribution in [0.4, 0.5) is 0 Å². The van der Waals surface area contributed by atoms with E-state index in [-0.39, 0.29) is 24.7 Å². The molecule has 0 aliphatic carbocycles. The fourth-order valence-corrected chi connectivity index (χ4v) is 2.55. The van der Waals surface area contributed by atoms with Crippen LogP contribution in [-0.2, 0) is 14.4 Å². The molecule has 1 fully saturated rings. The van der Waals surface area contributed by atoms with Gasteiger partial charge in [0.25, 0.3) is 0 Å². The van der Waals surface area contributed by atoms with E-state index >= 15 is 0 Å². The molecule has 0 aromatic heterocycles. The quantitative estimate of drug-likeness (QED) is 0.407. The molecule has 1 aliphatic rings. The number of benzene rings is 1. The Morgan fingerprint density at radius 2 is 2.05 bits per heavy atom. The summed E-state index contributed by atoms with van der Waals surface area (Å²) in [6.45, 7) is 0.499. The third-order valence-corrected chi connectivity index (χ3v) is 3.82. The summed E-state index contributed by atoms with van der Waals surface area (Å²) >= 11 is 1.46. The summed E-state index contributed by atoms with van der Waals surface area (Å²) < 4.78 is 3.09. The smallest absolute Gasteiger partial charge is 0.249 e. The van der Waals surface area contributed by atoms with Crippen LogP contribution in [0.5, 0.6) is 0 Å². The Morgan fingerprint density at radius 3 is 2.76 bits per heavy atom. The lowest BCUT2D eigenvalue weighted by molar-refractivity contribution is -0.137. The normalized spacial score (nSPS) is 18.2. The van der Waals surface area contributed by atoms with Gasteiger partial charge in [0.1, 0.15) is 6.04 Å². The van der Waals surface area contributed by atoms with E-state index in [2.05, 4.69) is 15.4 Å². The Kier molecular flexibility index (Phi) is 5.77. The largest absolute Gasteiger partial charge is 0.344 e. The fraction of sp³-hybridized carbons (Fsp3) is 0.357. The van der Waals surface area contributed by atoms with Crippen LogP contribution in [0.15, 0.2) is 35.2 Å². The maximum atomic E-state index is 11.7. The highest BCUT2D eigenvalue weighted by molar-refractivity contribution is 7.97. The molecular formula is C14H17N3O3S. The summed E-state index contributed by atoms with van der Waals surface area (Å²) in [6, 6.07) is 9.18. The van der Waals surface area contributed by atoms with Crippen LogP contribution in [0.3, 0.4) is 0 Å². The Bertz CT molecular complexity index is 521. The highest BCUT2D eigenvalue weighted by atomic mass is 32.2. The first kappa shape index (κ1) is 15.5. The number of carbonyl (C=O) groups excluding carboxylic acids is 3. The summed E-state index contributed by atoms with van der Waals surface area (Å²) in [5, 5.41) is 4.85. The number of piperidine rings is 1. The van der Waals surface area contributed by atoms with Crippen molar-refractivity contribution in [2.24, 2.45) is 0 Å². The van der Waals surface area contributed by atoms with Gasteiger partial charge < -0.3 is 5.32 Å². The lowest BCUT2D eigenvalue weighted by Gasteiger charge is -2.21. The fourth-order valence-electron chi connectivity index (χ4n) is 1.89. The van der Waals surface area contributed by atoms with Crippen molar-refractivity contribution in [1.29, 1.82) is 0 Å². The molecule has 1 aromatic carbocycles. The third kappa shape index (κ3) is 5.20. The summed E-state index contributed by atoms with van der Waals surface area (Å²) in [5.41, 5.74) is 0. The second kappa shape index (κ2) is 7.80. The Morgan fingerprint density at radius 1 is 1.29 bits per heavy atom. The maximum absolute atomic E-state index is 11.7. The number of nitrogens with one attached hydrogen (secondary N) is 3. The minimum atomic E-state index is -0.600. The van der Waals surface area contributed by atoms with Crippen LogP contribution >= 0.6 is 11.9 Å². The summed E-state index contributed by atoms with van der Waals surface area (Å²) in [6.07, 6.45) is 0.902. The van der Waals surface area contributed by atoms with Gasteiger partial charge in [-0.1, -0.05) is 18.2 Å². The lowest BCUT2D eigenvalue weighted by atomic mass is 10.1. The van der Waals surface area contributed by atoms with Crippen molar-refractivity contribution in [3.8, 4) is 0 Å². The van der Waals surface area contributed by atoms with Crippen molar-refractivity contribution in [2.75, 3.05) is 6.54 Å². The van der Waals surface area contributed by atoms with E-state index in [1.165, 1.54) is 11.9 Å². The van der Waals surface area contributed by atoms with Crippen LogP contribution in [0, 0.1) is 0 Å². The monoisotopic (exact) mass is 307 g/mol. The van der Waals surface area contributed by atoms with Gasteiger partial charge in [0.05, 0.1) is 0 Å². The molecular weight excluding hydrogens is 290 g/mol. The van der Waals surface area contributed by atoms with Crippen molar-refractivity contribution in [3.05, 3.63) is 30.3 Å². The highest BCUT2D eigenvalue weighted by Gasteiger charge is 2.27. The molecule has 6 nitrogen and oxygen atoms in total. The zero-order valence-corrected chi connectivity index (χ0v) is 12.2. The molecule has 21 heavy (non-hydrogen) atoms. The first-order valence-electron chi connectivity index (χ1n) is 6.73. The van der Waals surface area contributed by atoms with Gasteiger partial charge in [-0.2, -0.15) is 0 Å². The average molecular weight is 307 g/mol. The maximum Gasteiger partial charge on any atom is 0.249 e. The van der Waals surface area contributed by atoms with E-state index < -0.39 is 11.9 Å². The molecule has 0 spiro atoms. The molecule has 112 valence electrons. The first-order chi connectivity index (χ1) is 10.1. The number of hydrogen-bond donors (Lipinski definition) is 3. The standard InChI is InChI=1S/C14H17N3O3S/c18-12-7-6-11(14(20)17-12)16-13(19)8-9-15-21-10-4-2-1-3-5-10/h1-5,11,15H,6-9H2,(H,16,19)(H,17,18,20). The molecule has 0 radical (unpaired) electrons. The number of imide groups is 1. The number of rotatable bonds is 6. The van der Waals surface area contributed by atoms with E-state index in [9.17, 15) is 14.4 Å². The van der Waals surface area contributed by atoms with Crippen LogP contribution in [0.2, 0.25) is 0 Å². The van der Waals surface area contributed by atoms with Crippen LogP contribution in [0.1, 0.15) is 19.3 Å². The molecule has 2 rings (SSSR count). The molecule has 1 saturated heterocycles. The molecule has 7 heteroatoms. The van der Waals surface area contributed by atoms with E-state index in [4.69, 9.17) is 0 Å². The minimum absolute atomic E-state index is 0.203. The second-order valence-electron chi connectivity index (χ2n) is 4.63. The van der Waals surface area contributed by atoms with Gasteiger partial charge in [0.15, 0.2) is 0 Å². The Labute approximate surface area is 127 Å². The van der Waals surface area contributed by atoms with E-state index in [1.807, 2.05) is 30.3 Å². The highest BCUT2D eigenvalue weighted by Crippen LogP contribution is 2.12. The van der Waals surface area contributed by atoms with E-state index in [1.54, 1.807) is 0 Å². The first-order valence-corrected chi connectivity index (χ1v) is 7.54.